The highest BCUT2D eigenvalue weighted by Crippen LogP contribution is 2.26. The van der Waals surface area contributed by atoms with Crippen LogP contribution >= 0.6 is 0 Å². The normalized spacial score (nSPS) is 11.4. The number of unbranched alkanes of at least 4 members (excludes halogenated alkanes) is 1. The van der Waals surface area contributed by atoms with Gasteiger partial charge in [-0.15, -0.1) is 0 Å². The number of fused-ring (bicyclic) bond motifs is 1. The predicted octanol–water partition coefficient (Wildman–Crippen LogP) is 3.95. The third-order valence-electron chi connectivity index (χ3n) is 3.64. The Morgan fingerprint density at radius 1 is 1.21 bits per heavy atom. The molecule has 0 radical (unpaired) electrons. The number of nitrogens with zero attached hydrogens (tertiary/aromatic N) is 1. The van der Waals surface area contributed by atoms with Crippen LogP contribution in [0, 0.1) is 6.92 Å². The molecule has 2 rings (SSSR count). The maximum absolute atomic E-state index is 5.56. The van der Waals surface area contributed by atoms with Crippen molar-refractivity contribution < 1.29 is 0 Å². The Labute approximate surface area is 116 Å². The Morgan fingerprint density at radius 2 is 2.00 bits per heavy atom. The van der Waals surface area contributed by atoms with Gasteiger partial charge in [-0.1, -0.05) is 32.0 Å². The van der Waals surface area contributed by atoms with Crippen LogP contribution in [0.25, 0.3) is 10.9 Å². The summed E-state index contributed by atoms with van der Waals surface area (Å²) in [4.78, 5) is 4.89. The SMILES string of the molecule is Cc1cc(CCCCN)nc2c(C(C)C)cccc12. The largest absolute Gasteiger partial charge is 0.330 e. The Hall–Kier alpha value is -1.41. The van der Waals surface area contributed by atoms with Gasteiger partial charge in [-0.25, -0.2) is 0 Å². The lowest BCUT2D eigenvalue weighted by atomic mass is 9.97. The van der Waals surface area contributed by atoms with Crippen LogP contribution in [0.1, 0.15) is 49.4 Å². The minimum Gasteiger partial charge on any atom is -0.330 e. The summed E-state index contributed by atoms with van der Waals surface area (Å²) in [5.74, 6) is 0.509. The molecule has 0 aliphatic carbocycles. The first-order chi connectivity index (χ1) is 9.13. The van der Waals surface area contributed by atoms with Gasteiger partial charge in [0, 0.05) is 11.1 Å². The third kappa shape index (κ3) is 3.13. The average Bonchev–Trinajstić information content (AvgIpc) is 2.38. The molecule has 102 valence electrons. The molecule has 0 aliphatic heterocycles. The van der Waals surface area contributed by atoms with Crippen LogP contribution in [0.15, 0.2) is 24.3 Å². The molecule has 0 bridgehead atoms. The molecule has 0 saturated carbocycles. The zero-order valence-corrected chi connectivity index (χ0v) is 12.2. The van der Waals surface area contributed by atoms with E-state index in [-0.39, 0.29) is 0 Å². The molecule has 2 aromatic rings. The van der Waals surface area contributed by atoms with Gasteiger partial charge in [-0.2, -0.15) is 0 Å². The van der Waals surface area contributed by atoms with Crippen LogP contribution in [0.3, 0.4) is 0 Å². The number of benzene rings is 1. The molecule has 2 N–H and O–H groups in total. The number of rotatable bonds is 5. The highest BCUT2D eigenvalue weighted by molar-refractivity contribution is 5.85. The van der Waals surface area contributed by atoms with E-state index in [0.29, 0.717) is 5.92 Å². The number of hydrogen-bond acceptors (Lipinski definition) is 2. The van der Waals surface area contributed by atoms with Crippen molar-refractivity contribution in [2.24, 2.45) is 5.73 Å². The van der Waals surface area contributed by atoms with Crippen LogP contribution in [0.5, 0.6) is 0 Å². The molecule has 0 aliphatic rings. The molecule has 2 nitrogen and oxygen atoms in total. The fourth-order valence-electron chi connectivity index (χ4n) is 2.55. The van der Waals surface area contributed by atoms with Gasteiger partial charge < -0.3 is 5.73 Å². The second-order valence-corrected chi connectivity index (χ2v) is 5.57. The molecule has 0 fully saturated rings. The number of aryl methyl sites for hydroxylation is 2. The number of hydrogen-bond donors (Lipinski definition) is 1. The van der Waals surface area contributed by atoms with E-state index >= 15 is 0 Å². The average molecular weight is 256 g/mol. The van der Waals surface area contributed by atoms with Crippen molar-refractivity contribution in [2.45, 2.75) is 46.0 Å². The zero-order chi connectivity index (χ0) is 13.8. The van der Waals surface area contributed by atoms with Crippen LogP contribution in [0.2, 0.25) is 0 Å². The fourth-order valence-corrected chi connectivity index (χ4v) is 2.55. The molecule has 1 aromatic heterocycles. The van der Waals surface area contributed by atoms with Gasteiger partial charge in [0.25, 0.3) is 0 Å². The van der Waals surface area contributed by atoms with Gasteiger partial charge in [-0.3, -0.25) is 4.98 Å². The van der Waals surface area contributed by atoms with E-state index in [1.165, 1.54) is 27.7 Å². The van der Waals surface area contributed by atoms with Crippen molar-refractivity contribution in [1.82, 2.24) is 4.98 Å². The highest BCUT2D eigenvalue weighted by atomic mass is 14.7. The summed E-state index contributed by atoms with van der Waals surface area (Å²) in [6.07, 6.45) is 3.23. The number of pyridine rings is 1. The first kappa shape index (κ1) is 14.0. The van der Waals surface area contributed by atoms with E-state index < -0.39 is 0 Å². The highest BCUT2D eigenvalue weighted by Gasteiger charge is 2.09. The second-order valence-electron chi connectivity index (χ2n) is 5.57. The van der Waals surface area contributed by atoms with E-state index in [2.05, 4.69) is 45.0 Å². The van der Waals surface area contributed by atoms with Crippen molar-refractivity contribution in [3.8, 4) is 0 Å². The van der Waals surface area contributed by atoms with E-state index in [9.17, 15) is 0 Å². The molecule has 2 heteroatoms. The molecule has 0 unspecified atom stereocenters. The van der Waals surface area contributed by atoms with E-state index in [0.717, 1.165) is 25.8 Å². The van der Waals surface area contributed by atoms with Gasteiger partial charge in [0.2, 0.25) is 0 Å². The van der Waals surface area contributed by atoms with E-state index in [1.807, 2.05) is 0 Å². The van der Waals surface area contributed by atoms with Crippen molar-refractivity contribution in [3.05, 3.63) is 41.1 Å². The summed E-state index contributed by atoms with van der Waals surface area (Å²) in [5.41, 5.74) is 10.6. The third-order valence-corrected chi connectivity index (χ3v) is 3.64. The maximum atomic E-state index is 5.56. The van der Waals surface area contributed by atoms with Gasteiger partial charge in [0.15, 0.2) is 0 Å². The van der Waals surface area contributed by atoms with Crippen LogP contribution < -0.4 is 5.73 Å². The second kappa shape index (κ2) is 6.16. The van der Waals surface area contributed by atoms with Crippen molar-refractivity contribution in [1.29, 1.82) is 0 Å². The van der Waals surface area contributed by atoms with Gasteiger partial charge in [0.05, 0.1) is 5.52 Å². The molecule has 0 spiro atoms. The molecule has 1 aromatic carbocycles. The smallest absolute Gasteiger partial charge is 0.0742 e. The van der Waals surface area contributed by atoms with Crippen LogP contribution in [-0.4, -0.2) is 11.5 Å². The lowest BCUT2D eigenvalue weighted by Gasteiger charge is -2.12. The quantitative estimate of drug-likeness (QED) is 0.823. The number of nitrogens with two attached hydrogens (primary N) is 1. The Kier molecular flexibility index (Phi) is 4.54. The minimum atomic E-state index is 0.509. The molecule has 0 saturated heterocycles. The summed E-state index contributed by atoms with van der Waals surface area (Å²) in [5, 5.41) is 1.29. The first-order valence-electron chi connectivity index (χ1n) is 7.22. The Bertz CT molecular complexity index is 558. The van der Waals surface area contributed by atoms with Gasteiger partial charge >= 0.3 is 0 Å². The van der Waals surface area contributed by atoms with Crippen molar-refractivity contribution in [2.75, 3.05) is 6.54 Å². The van der Waals surface area contributed by atoms with Crippen LogP contribution in [-0.2, 0) is 6.42 Å². The van der Waals surface area contributed by atoms with Crippen molar-refractivity contribution >= 4 is 10.9 Å². The summed E-state index contributed by atoms with van der Waals surface area (Å²) >= 11 is 0. The summed E-state index contributed by atoms with van der Waals surface area (Å²) < 4.78 is 0. The van der Waals surface area contributed by atoms with Gasteiger partial charge in [-0.05, 0) is 55.8 Å². The molecule has 19 heavy (non-hydrogen) atoms. The number of para-hydroxylation sites is 1. The standard InChI is InChI=1S/C17H24N2/c1-12(2)15-8-6-9-16-13(3)11-14(19-17(15)16)7-4-5-10-18/h6,8-9,11-12H,4-5,7,10,18H2,1-3H3. The Morgan fingerprint density at radius 3 is 2.68 bits per heavy atom. The van der Waals surface area contributed by atoms with Gasteiger partial charge in [0.1, 0.15) is 0 Å². The summed E-state index contributed by atoms with van der Waals surface area (Å²) in [7, 11) is 0. The predicted molar refractivity (Wildman–Crippen MR) is 82.6 cm³/mol. The molecular weight excluding hydrogens is 232 g/mol. The molecule has 0 atom stereocenters. The lowest BCUT2D eigenvalue weighted by molar-refractivity contribution is 0.733. The summed E-state index contributed by atoms with van der Waals surface area (Å²) in [6, 6.07) is 8.74. The first-order valence-corrected chi connectivity index (χ1v) is 7.22. The number of aromatic nitrogens is 1. The summed E-state index contributed by atoms with van der Waals surface area (Å²) in [6.45, 7) is 7.41. The monoisotopic (exact) mass is 256 g/mol. The zero-order valence-electron chi connectivity index (χ0n) is 12.2. The molecule has 1 heterocycles. The minimum absolute atomic E-state index is 0.509. The fraction of sp³-hybridized carbons (Fsp3) is 0.471. The molecule has 0 amide bonds. The molecular formula is C17H24N2. The van der Waals surface area contributed by atoms with E-state index in [1.54, 1.807) is 0 Å². The van der Waals surface area contributed by atoms with Crippen molar-refractivity contribution in [3.63, 3.8) is 0 Å². The topological polar surface area (TPSA) is 38.9 Å². The lowest BCUT2D eigenvalue weighted by Crippen LogP contribution is -2.01. The Balaban J connectivity index is 2.44. The maximum Gasteiger partial charge on any atom is 0.0742 e. The van der Waals surface area contributed by atoms with Crippen LogP contribution in [0.4, 0.5) is 0 Å². The van der Waals surface area contributed by atoms with E-state index in [4.69, 9.17) is 10.7 Å².